The second kappa shape index (κ2) is 10.7. The summed E-state index contributed by atoms with van der Waals surface area (Å²) < 4.78 is 34.2. The van der Waals surface area contributed by atoms with Crippen LogP contribution in [0.4, 0.5) is 22.1 Å². The minimum atomic E-state index is -3.33. The number of amides is 2. The smallest absolute Gasteiger partial charge is 0.323 e. The van der Waals surface area contributed by atoms with Crippen molar-refractivity contribution >= 4 is 33.2 Å². The van der Waals surface area contributed by atoms with Gasteiger partial charge in [-0.3, -0.25) is 0 Å². The molecule has 184 valence electrons. The molecule has 0 saturated carbocycles. The van der Waals surface area contributed by atoms with Crippen LogP contribution in [0.3, 0.4) is 0 Å². The first-order valence-corrected chi connectivity index (χ1v) is 12.9. The molecule has 2 heterocycles. The van der Waals surface area contributed by atoms with Crippen molar-refractivity contribution in [1.29, 1.82) is 0 Å². The van der Waals surface area contributed by atoms with Crippen LogP contribution in [0.1, 0.15) is 5.82 Å². The van der Waals surface area contributed by atoms with Gasteiger partial charge < -0.3 is 25.0 Å². The average molecular weight is 499 g/mol. The molecule has 0 bridgehead atoms. The Morgan fingerprint density at radius 3 is 2.14 bits per heavy atom. The van der Waals surface area contributed by atoms with E-state index in [9.17, 15) is 13.2 Å². The Bertz CT molecular complexity index is 1280. The van der Waals surface area contributed by atoms with Crippen molar-refractivity contribution in [2.24, 2.45) is 0 Å². The lowest BCUT2D eigenvalue weighted by Crippen LogP contribution is -2.37. The Kier molecular flexibility index (Phi) is 7.42. The van der Waals surface area contributed by atoms with E-state index in [1.165, 1.54) is 0 Å². The maximum absolute atomic E-state index is 12.3. The molecule has 0 unspecified atom stereocenters. The predicted molar refractivity (Wildman–Crippen MR) is 132 cm³/mol. The maximum Gasteiger partial charge on any atom is 0.323 e. The monoisotopic (exact) mass is 498 g/mol. The van der Waals surface area contributed by atoms with E-state index in [0.29, 0.717) is 60.8 Å². The van der Waals surface area contributed by atoms with Gasteiger partial charge in [-0.2, -0.15) is 9.97 Å². The number of anilines is 3. The lowest BCUT2D eigenvalue weighted by molar-refractivity contribution is 0.122. The van der Waals surface area contributed by atoms with Gasteiger partial charge in [0, 0.05) is 36.3 Å². The van der Waals surface area contributed by atoms with Gasteiger partial charge in [0.25, 0.3) is 0 Å². The fourth-order valence-electron chi connectivity index (χ4n) is 3.41. The topological polar surface area (TPSA) is 136 Å². The van der Waals surface area contributed by atoms with E-state index in [2.05, 4.69) is 25.6 Å². The summed E-state index contributed by atoms with van der Waals surface area (Å²) in [6, 6.07) is 13.5. The van der Waals surface area contributed by atoms with Gasteiger partial charge in [0.1, 0.15) is 17.3 Å². The van der Waals surface area contributed by atoms with Gasteiger partial charge >= 0.3 is 6.03 Å². The number of nitrogens with zero attached hydrogens (tertiary/aromatic N) is 4. The summed E-state index contributed by atoms with van der Waals surface area (Å²) in [6.07, 6.45) is 1.14. The van der Waals surface area contributed by atoms with Crippen molar-refractivity contribution in [1.82, 2.24) is 15.0 Å². The van der Waals surface area contributed by atoms with Crippen LogP contribution in [0.15, 0.2) is 48.5 Å². The number of aromatic nitrogens is 3. The number of ether oxygens (including phenoxy) is 2. The van der Waals surface area contributed by atoms with E-state index in [-0.39, 0.29) is 11.6 Å². The Labute approximate surface area is 203 Å². The molecule has 2 aromatic carbocycles. The van der Waals surface area contributed by atoms with Gasteiger partial charge in [0.2, 0.25) is 5.95 Å². The lowest BCUT2D eigenvalue weighted by atomic mass is 10.2. The fourth-order valence-corrected chi connectivity index (χ4v) is 4.01. The quantitative estimate of drug-likeness (QED) is 0.504. The van der Waals surface area contributed by atoms with E-state index in [4.69, 9.17) is 9.47 Å². The molecule has 12 heteroatoms. The summed E-state index contributed by atoms with van der Waals surface area (Å²) in [5.74, 6) is 1.36. The minimum absolute atomic E-state index is 0.181. The molecule has 1 aliphatic rings. The second-order valence-corrected chi connectivity index (χ2v) is 10.1. The highest BCUT2D eigenvalue weighted by Crippen LogP contribution is 2.22. The molecule has 1 saturated heterocycles. The summed E-state index contributed by atoms with van der Waals surface area (Å²) in [4.78, 5) is 27.6. The van der Waals surface area contributed by atoms with Gasteiger partial charge in [0.15, 0.2) is 15.7 Å². The third-order valence-corrected chi connectivity index (χ3v) is 5.89. The molecule has 1 aliphatic heterocycles. The van der Waals surface area contributed by atoms with Crippen molar-refractivity contribution in [3.05, 3.63) is 54.4 Å². The molecule has 35 heavy (non-hydrogen) atoms. The summed E-state index contributed by atoms with van der Waals surface area (Å²) in [7, 11) is -1.76. The zero-order valence-electron chi connectivity index (χ0n) is 19.4. The van der Waals surface area contributed by atoms with Crippen molar-refractivity contribution in [2.45, 2.75) is 5.75 Å². The van der Waals surface area contributed by atoms with Crippen LogP contribution >= 0.6 is 0 Å². The van der Waals surface area contributed by atoms with E-state index in [0.717, 1.165) is 6.26 Å². The minimum Gasteiger partial charge on any atom is -0.497 e. The standard InChI is InChI=1S/C23H26N6O5S/c1-33-19-9-7-18(8-10-19)25-23(30)24-17-5-3-16(4-6-17)21-26-20(15-35(2,31)32)27-22(28-21)29-11-13-34-14-12-29/h3-10H,11-15H2,1-2H3,(H2,24,25,30). The molecule has 1 aromatic heterocycles. The van der Waals surface area contributed by atoms with Gasteiger partial charge in [-0.05, 0) is 48.5 Å². The molecule has 1 fully saturated rings. The average Bonchev–Trinajstić information content (AvgIpc) is 2.84. The van der Waals surface area contributed by atoms with Gasteiger partial charge in [-0.1, -0.05) is 0 Å². The second-order valence-electron chi connectivity index (χ2n) is 7.93. The number of carbonyl (C=O) groups excluding carboxylic acids is 1. The van der Waals surface area contributed by atoms with Crippen LogP contribution in [0.5, 0.6) is 5.75 Å². The van der Waals surface area contributed by atoms with Crippen molar-refractivity contribution < 1.29 is 22.7 Å². The van der Waals surface area contributed by atoms with Crippen LogP contribution in [0.25, 0.3) is 11.4 Å². The summed E-state index contributed by atoms with van der Waals surface area (Å²) in [6.45, 7) is 2.30. The van der Waals surface area contributed by atoms with Crippen molar-refractivity contribution in [3.63, 3.8) is 0 Å². The summed E-state index contributed by atoms with van der Waals surface area (Å²) >= 11 is 0. The van der Waals surface area contributed by atoms with E-state index >= 15 is 0 Å². The zero-order valence-corrected chi connectivity index (χ0v) is 20.2. The third-order valence-electron chi connectivity index (χ3n) is 5.10. The van der Waals surface area contributed by atoms with Gasteiger partial charge in [0.05, 0.1) is 20.3 Å². The molecule has 2 amide bonds. The van der Waals surface area contributed by atoms with E-state index in [1.807, 2.05) is 4.90 Å². The van der Waals surface area contributed by atoms with Gasteiger partial charge in [-0.25, -0.2) is 18.2 Å². The van der Waals surface area contributed by atoms with Crippen LogP contribution in [0.2, 0.25) is 0 Å². The van der Waals surface area contributed by atoms with Crippen LogP contribution < -0.4 is 20.3 Å². The Morgan fingerprint density at radius 1 is 0.971 bits per heavy atom. The number of benzene rings is 2. The summed E-state index contributed by atoms with van der Waals surface area (Å²) in [5.41, 5.74) is 1.86. The summed E-state index contributed by atoms with van der Waals surface area (Å²) in [5, 5.41) is 5.52. The normalized spacial score (nSPS) is 13.8. The van der Waals surface area contributed by atoms with E-state index < -0.39 is 15.9 Å². The number of morpholine rings is 1. The van der Waals surface area contributed by atoms with Crippen LogP contribution in [-0.4, -0.2) is 69.1 Å². The predicted octanol–water partition coefficient (Wildman–Crippen LogP) is 2.57. The number of carbonyl (C=O) groups is 1. The molecule has 0 radical (unpaired) electrons. The highest BCUT2D eigenvalue weighted by Gasteiger charge is 2.19. The highest BCUT2D eigenvalue weighted by molar-refractivity contribution is 7.89. The van der Waals surface area contributed by atoms with Gasteiger partial charge in [-0.15, -0.1) is 0 Å². The molecule has 11 nitrogen and oxygen atoms in total. The first-order valence-electron chi connectivity index (χ1n) is 10.9. The largest absolute Gasteiger partial charge is 0.497 e. The number of urea groups is 1. The lowest BCUT2D eigenvalue weighted by Gasteiger charge is -2.27. The fraction of sp³-hybridized carbons (Fsp3) is 0.304. The Morgan fingerprint density at radius 2 is 1.57 bits per heavy atom. The third kappa shape index (κ3) is 6.87. The van der Waals surface area contributed by atoms with Crippen molar-refractivity contribution in [3.8, 4) is 17.1 Å². The van der Waals surface area contributed by atoms with Crippen LogP contribution in [0, 0.1) is 0 Å². The molecular formula is C23H26N6O5S. The molecule has 2 N–H and O–H groups in total. The zero-order chi connectivity index (χ0) is 24.8. The number of hydrogen-bond donors (Lipinski definition) is 2. The molecular weight excluding hydrogens is 472 g/mol. The first kappa shape index (κ1) is 24.4. The highest BCUT2D eigenvalue weighted by atomic mass is 32.2. The van der Waals surface area contributed by atoms with Crippen LogP contribution in [-0.2, 0) is 20.3 Å². The Hall–Kier alpha value is -3.77. The molecule has 3 aromatic rings. The Balaban J connectivity index is 1.50. The number of nitrogens with one attached hydrogen (secondary N) is 2. The van der Waals surface area contributed by atoms with Crippen molar-refractivity contribution in [2.75, 3.05) is 55.2 Å². The molecule has 0 spiro atoms. The SMILES string of the molecule is COc1ccc(NC(=O)Nc2ccc(-c3nc(CS(C)(=O)=O)nc(N4CCOCC4)n3)cc2)cc1. The maximum atomic E-state index is 12.3. The molecule has 0 atom stereocenters. The number of hydrogen-bond acceptors (Lipinski definition) is 9. The molecule has 4 rings (SSSR count). The number of methoxy groups -OCH3 is 1. The molecule has 0 aliphatic carbocycles. The number of sulfone groups is 1. The first-order chi connectivity index (χ1) is 16.8. The van der Waals surface area contributed by atoms with E-state index in [1.54, 1.807) is 55.6 Å². The number of rotatable bonds is 7.